The summed E-state index contributed by atoms with van der Waals surface area (Å²) in [6.07, 6.45) is 1.36. The van der Waals surface area contributed by atoms with Crippen molar-refractivity contribution in [3.05, 3.63) is 40.7 Å². The Morgan fingerprint density at radius 3 is 2.95 bits per heavy atom. The highest BCUT2D eigenvalue weighted by Gasteiger charge is 2.11. The van der Waals surface area contributed by atoms with Gasteiger partial charge in [0, 0.05) is 10.4 Å². The number of nitrogens with one attached hydrogen (secondary N) is 1. The van der Waals surface area contributed by atoms with Crippen molar-refractivity contribution < 1.29 is 9.21 Å². The van der Waals surface area contributed by atoms with Crippen LogP contribution in [0.25, 0.3) is 11.1 Å². The van der Waals surface area contributed by atoms with Crippen molar-refractivity contribution in [3.8, 4) is 0 Å². The molecule has 6 heteroatoms. The van der Waals surface area contributed by atoms with Gasteiger partial charge in [-0.1, -0.05) is 0 Å². The molecular formula is C13H11N3O2S. The van der Waals surface area contributed by atoms with E-state index in [-0.39, 0.29) is 5.91 Å². The number of oxazole rings is 1. The van der Waals surface area contributed by atoms with Gasteiger partial charge < -0.3 is 4.42 Å². The molecule has 3 rings (SSSR count). The van der Waals surface area contributed by atoms with Crippen molar-refractivity contribution in [3.63, 3.8) is 0 Å². The number of benzene rings is 1. The predicted molar refractivity (Wildman–Crippen MR) is 73.6 cm³/mol. The zero-order valence-corrected chi connectivity index (χ0v) is 11.2. The van der Waals surface area contributed by atoms with Crippen LogP contribution in [0.5, 0.6) is 0 Å². The Labute approximate surface area is 113 Å². The Morgan fingerprint density at radius 2 is 2.21 bits per heavy atom. The van der Waals surface area contributed by atoms with Crippen molar-refractivity contribution in [1.82, 2.24) is 9.97 Å². The SMILES string of the molecule is Cc1nc(NC(=O)c2ccc3ocnc3c2)sc1C. The Kier molecular flexibility index (Phi) is 2.79. The first kappa shape index (κ1) is 11.9. The monoisotopic (exact) mass is 273 g/mol. The Morgan fingerprint density at radius 1 is 1.37 bits per heavy atom. The Hall–Kier alpha value is -2.21. The fourth-order valence-corrected chi connectivity index (χ4v) is 2.50. The molecule has 0 spiro atoms. The van der Waals surface area contributed by atoms with Gasteiger partial charge in [0.1, 0.15) is 5.52 Å². The highest BCUT2D eigenvalue weighted by Crippen LogP contribution is 2.22. The number of carbonyl (C=O) groups excluding carboxylic acids is 1. The number of rotatable bonds is 2. The molecule has 0 saturated carbocycles. The van der Waals surface area contributed by atoms with E-state index in [2.05, 4.69) is 15.3 Å². The first-order valence-corrected chi connectivity index (χ1v) is 6.54. The molecule has 1 N–H and O–H groups in total. The molecule has 0 bridgehead atoms. The van der Waals surface area contributed by atoms with Gasteiger partial charge in [-0.3, -0.25) is 10.1 Å². The van der Waals surface area contributed by atoms with Gasteiger partial charge >= 0.3 is 0 Å². The number of hydrogen-bond donors (Lipinski definition) is 1. The summed E-state index contributed by atoms with van der Waals surface area (Å²) in [6, 6.07) is 5.13. The van der Waals surface area contributed by atoms with Crippen LogP contribution in [0.1, 0.15) is 20.9 Å². The van der Waals surface area contributed by atoms with Gasteiger partial charge in [0.2, 0.25) is 0 Å². The lowest BCUT2D eigenvalue weighted by molar-refractivity contribution is 0.102. The summed E-state index contributed by atoms with van der Waals surface area (Å²) >= 11 is 1.47. The lowest BCUT2D eigenvalue weighted by Gasteiger charge is -2.00. The van der Waals surface area contributed by atoms with E-state index in [4.69, 9.17) is 4.42 Å². The number of fused-ring (bicyclic) bond motifs is 1. The first-order valence-electron chi connectivity index (χ1n) is 5.72. The second-order valence-electron chi connectivity index (χ2n) is 4.15. The largest absolute Gasteiger partial charge is 0.443 e. The van der Waals surface area contributed by atoms with Crippen molar-refractivity contribution >= 4 is 33.5 Å². The molecule has 0 aliphatic carbocycles. The van der Waals surface area contributed by atoms with E-state index in [1.807, 2.05) is 13.8 Å². The maximum atomic E-state index is 12.1. The van der Waals surface area contributed by atoms with Crippen LogP contribution in [0.3, 0.4) is 0 Å². The van der Waals surface area contributed by atoms with Gasteiger partial charge in [-0.25, -0.2) is 9.97 Å². The predicted octanol–water partition coefficient (Wildman–Crippen LogP) is 3.15. The van der Waals surface area contributed by atoms with Crippen molar-refractivity contribution in [1.29, 1.82) is 0 Å². The van der Waals surface area contributed by atoms with Gasteiger partial charge in [0.15, 0.2) is 17.1 Å². The zero-order valence-electron chi connectivity index (χ0n) is 10.4. The highest BCUT2D eigenvalue weighted by molar-refractivity contribution is 7.15. The first-order chi connectivity index (χ1) is 9.13. The van der Waals surface area contributed by atoms with Crippen LogP contribution in [0.2, 0.25) is 0 Å². The molecular weight excluding hydrogens is 262 g/mol. The third-order valence-electron chi connectivity index (χ3n) is 2.84. The van der Waals surface area contributed by atoms with Crippen LogP contribution >= 0.6 is 11.3 Å². The van der Waals surface area contributed by atoms with Gasteiger partial charge in [0.25, 0.3) is 5.91 Å². The Balaban J connectivity index is 1.86. The van der Waals surface area contributed by atoms with Crippen LogP contribution in [-0.4, -0.2) is 15.9 Å². The zero-order chi connectivity index (χ0) is 13.4. The van der Waals surface area contributed by atoms with Crippen LogP contribution in [0.15, 0.2) is 29.0 Å². The smallest absolute Gasteiger partial charge is 0.257 e. The number of nitrogens with zero attached hydrogens (tertiary/aromatic N) is 2. The van der Waals surface area contributed by atoms with Crippen molar-refractivity contribution in [2.75, 3.05) is 5.32 Å². The maximum absolute atomic E-state index is 12.1. The minimum Gasteiger partial charge on any atom is -0.443 e. The number of aromatic nitrogens is 2. The molecule has 0 radical (unpaired) electrons. The fraction of sp³-hybridized carbons (Fsp3) is 0.154. The van der Waals surface area contributed by atoms with E-state index in [1.165, 1.54) is 17.7 Å². The lowest BCUT2D eigenvalue weighted by Crippen LogP contribution is -2.11. The third kappa shape index (κ3) is 2.22. The third-order valence-corrected chi connectivity index (χ3v) is 3.83. The summed E-state index contributed by atoms with van der Waals surface area (Å²) in [5.74, 6) is -0.196. The summed E-state index contributed by atoms with van der Waals surface area (Å²) < 4.78 is 5.14. The normalized spacial score (nSPS) is 10.8. The molecule has 0 unspecified atom stereocenters. The summed E-state index contributed by atoms with van der Waals surface area (Å²) in [4.78, 5) is 21.5. The molecule has 2 aromatic heterocycles. The highest BCUT2D eigenvalue weighted by atomic mass is 32.1. The molecule has 3 aromatic rings. The van der Waals surface area contributed by atoms with Gasteiger partial charge in [-0.15, -0.1) is 11.3 Å². The lowest BCUT2D eigenvalue weighted by atomic mass is 10.2. The van der Waals surface area contributed by atoms with E-state index in [0.717, 1.165) is 10.6 Å². The molecule has 0 fully saturated rings. The average Bonchev–Trinajstić information content (AvgIpc) is 2.96. The van der Waals surface area contributed by atoms with Crippen molar-refractivity contribution in [2.24, 2.45) is 0 Å². The molecule has 96 valence electrons. The molecule has 0 atom stereocenters. The number of amides is 1. The van der Waals surface area contributed by atoms with Crippen LogP contribution in [-0.2, 0) is 0 Å². The number of carbonyl (C=O) groups is 1. The summed E-state index contributed by atoms with van der Waals surface area (Å²) in [5.41, 5.74) is 2.80. The number of aryl methyl sites for hydroxylation is 2. The topological polar surface area (TPSA) is 68.0 Å². The molecule has 1 amide bonds. The van der Waals surface area contributed by atoms with Gasteiger partial charge in [-0.2, -0.15) is 0 Å². The van der Waals surface area contributed by atoms with Crippen LogP contribution < -0.4 is 5.32 Å². The molecule has 2 heterocycles. The second kappa shape index (κ2) is 4.47. The molecule has 0 aliphatic rings. The number of anilines is 1. The molecule has 5 nitrogen and oxygen atoms in total. The molecule has 0 aliphatic heterocycles. The molecule has 19 heavy (non-hydrogen) atoms. The summed E-state index contributed by atoms with van der Waals surface area (Å²) in [5, 5.41) is 3.40. The van der Waals surface area contributed by atoms with Crippen molar-refractivity contribution in [2.45, 2.75) is 13.8 Å². The van der Waals surface area contributed by atoms with E-state index in [0.29, 0.717) is 21.8 Å². The Bertz CT molecular complexity index is 741. The second-order valence-corrected chi connectivity index (χ2v) is 5.35. The van der Waals surface area contributed by atoms with E-state index < -0.39 is 0 Å². The van der Waals surface area contributed by atoms with Crippen LogP contribution in [0.4, 0.5) is 5.13 Å². The van der Waals surface area contributed by atoms with E-state index >= 15 is 0 Å². The van der Waals surface area contributed by atoms with Crippen LogP contribution in [0, 0.1) is 13.8 Å². The minimum absolute atomic E-state index is 0.196. The quantitative estimate of drug-likeness (QED) is 0.778. The summed E-state index contributed by atoms with van der Waals surface area (Å²) in [7, 11) is 0. The molecule has 1 aromatic carbocycles. The average molecular weight is 273 g/mol. The van der Waals surface area contributed by atoms with E-state index in [1.54, 1.807) is 18.2 Å². The fourth-order valence-electron chi connectivity index (χ4n) is 1.69. The van der Waals surface area contributed by atoms with E-state index in [9.17, 15) is 4.79 Å². The van der Waals surface area contributed by atoms with Gasteiger partial charge in [0.05, 0.1) is 5.69 Å². The summed E-state index contributed by atoms with van der Waals surface area (Å²) in [6.45, 7) is 3.90. The maximum Gasteiger partial charge on any atom is 0.257 e. The molecule has 0 saturated heterocycles. The number of hydrogen-bond acceptors (Lipinski definition) is 5. The minimum atomic E-state index is -0.196. The number of thiazole rings is 1. The van der Waals surface area contributed by atoms with Gasteiger partial charge in [-0.05, 0) is 32.0 Å². The standard InChI is InChI=1S/C13H11N3O2S/c1-7-8(2)19-13(15-7)16-12(17)9-3-4-11-10(5-9)14-6-18-11/h3-6H,1-2H3,(H,15,16,17).